The summed E-state index contributed by atoms with van der Waals surface area (Å²) in [6.45, 7) is 2.90. The smallest absolute Gasteiger partial charge is 0.261 e. The minimum atomic E-state index is -1.05. The molecule has 1 saturated heterocycles. The first-order valence-electron chi connectivity index (χ1n) is 12.9. The molecule has 10 nitrogen and oxygen atoms in total. The maximum Gasteiger partial charge on any atom is 0.261 e. The zero-order valence-corrected chi connectivity index (χ0v) is 22.2. The fraction of sp³-hybridized carbons (Fsp3) is 0.321. The molecule has 5 rings (SSSR count). The van der Waals surface area contributed by atoms with Crippen LogP contribution in [0.2, 0.25) is 0 Å². The summed E-state index contributed by atoms with van der Waals surface area (Å²) in [5.74, 6) is -2.85. The molecular weight excluding hydrogens is 520 g/mol. The van der Waals surface area contributed by atoms with E-state index in [-0.39, 0.29) is 40.4 Å². The SMILES string of the molecule is CN1CCN=C1c1cccc(Oc2nc(Oc3cc(C(=N)N)ccc3O)c(F)c(N(C)C3CCNCC3)c2F)c1. The van der Waals surface area contributed by atoms with Crippen LogP contribution in [0, 0.1) is 17.0 Å². The number of halogens is 2. The third-order valence-corrected chi connectivity index (χ3v) is 7.05. The Morgan fingerprint density at radius 2 is 1.85 bits per heavy atom. The van der Waals surface area contributed by atoms with Crippen molar-refractivity contribution in [3.8, 4) is 29.0 Å². The molecule has 2 aromatic carbocycles. The number of nitrogens with zero attached hydrogens (tertiary/aromatic N) is 4. The molecule has 0 aliphatic carbocycles. The Morgan fingerprint density at radius 1 is 1.12 bits per heavy atom. The van der Waals surface area contributed by atoms with Gasteiger partial charge in [0.05, 0.1) is 6.54 Å². The predicted octanol–water partition coefficient (Wildman–Crippen LogP) is 3.81. The van der Waals surface area contributed by atoms with Crippen LogP contribution in [-0.2, 0) is 0 Å². The summed E-state index contributed by atoms with van der Waals surface area (Å²) in [7, 11) is 3.55. The first-order valence-corrected chi connectivity index (χ1v) is 12.9. The van der Waals surface area contributed by atoms with Crippen LogP contribution in [0.1, 0.15) is 24.0 Å². The zero-order chi connectivity index (χ0) is 28.4. The lowest BCUT2D eigenvalue weighted by Crippen LogP contribution is -2.42. The van der Waals surface area contributed by atoms with Crippen LogP contribution < -0.4 is 25.4 Å². The normalized spacial score (nSPS) is 15.6. The number of aliphatic imine (C=N–C) groups is 1. The van der Waals surface area contributed by atoms with Gasteiger partial charge in [0.25, 0.3) is 11.8 Å². The Kier molecular flexibility index (Phi) is 7.69. The van der Waals surface area contributed by atoms with Gasteiger partial charge in [-0.1, -0.05) is 12.1 Å². The van der Waals surface area contributed by atoms with Gasteiger partial charge >= 0.3 is 0 Å². The number of aromatic nitrogens is 1. The Balaban J connectivity index is 1.56. The Bertz CT molecular complexity index is 1460. The molecule has 2 aliphatic heterocycles. The molecule has 0 amide bonds. The number of benzene rings is 2. The van der Waals surface area contributed by atoms with Gasteiger partial charge < -0.3 is 35.4 Å². The largest absolute Gasteiger partial charge is 0.504 e. The van der Waals surface area contributed by atoms with Crippen molar-refractivity contribution in [2.24, 2.45) is 10.7 Å². The van der Waals surface area contributed by atoms with E-state index in [1.54, 1.807) is 25.2 Å². The highest BCUT2D eigenvalue weighted by Gasteiger charge is 2.30. The molecule has 0 bridgehead atoms. The Hall–Kier alpha value is -4.45. The Morgan fingerprint density at radius 3 is 2.52 bits per heavy atom. The van der Waals surface area contributed by atoms with Crippen LogP contribution in [0.15, 0.2) is 47.5 Å². The molecule has 40 heavy (non-hydrogen) atoms. The molecule has 0 atom stereocenters. The van der Waals surface area contributed by atoms with E-state index in [9.17, 15) is 5.11 Å². The average Bonchev–Trinajstić information content (AvgIpc) is 3.38. The molecular formula is C28H31F2N7O3. The lowest BCUT2D eigenvalue weighted by Gasteiger charge is -2.33. The number of phenols is 1. The van der Waals surface area contributed by atoms with Crippen LogP contribution in [0.4, 0.5) is 14.5 Å². The summed E-state index contributed by atoms with van der Waals surface area (Å²) in [5.41, 5.74) is 6.24. The molecule has 1 aromatic heterocycles. The van der Waals surface area contributed by atoms with Gasteiger partial charge in [0.1, 0.15) is 23.1 Å². The van der Waals surface area contributed by atoms with Crippen molar-refractivity contribution in [2.45, 2.75) is 18.9 Å². The lowest BCUT2D eigenvalue weighted by atomic mass is 10.0. The highest BCUT2D eigenvalue weighted by molar-refractivity contribution is 6.00. The molecule has 3 aromatic rings. The number of hydrogen-bond donors (Lipinski definition) is 4. The second-order valence-electron chi connectivity index (χ2n) is 9.75. The number of aromatic hydroxyl groups is 1. The van der Waals surface area contributed by atoms with Crippen molar-refractivity contribution < 1.29 is 23.4 Å². The number of rotatable bonds is 8. The second kappa shape index (κ2) is 11.3. The number of anilines is 1. The van der Waals surface area contributed by atoms with Gasteiger partial charge in [-0.2, -0.15) is 13.8 Å². The molecule has 210 valence electrons. The molecule has 0 unspecified atom stereocenters. The highest BCUT2D eigenvalue weighted by atomic mass is 19.1. The van der Waals surface area contributed by atoms with E-state index >= 15 is 8.78 Å². The number of phenolic OH excluding ortho intramolecular Hbond substituents is 1. The summed E-state index contributed by atoms with van der Waals surface area (Å²) in [5, 5.41) is 21.3. The third-order valence-electron chi connectivity index (χ3n) is 7.05. The van der Waals surface area contributed by atoms with Crippen LogP contribution in [0.5, 0.6) is 29.0 Å². The van der Waals surface area contributed by atoms with Crippen molar-refractivity contribution >= 4 is 17.4 Å². The number of piperidine rings is 1. The van der Waals surface area contributed by atoms with Crippen LogP contribution in [0.25, 0.3) is 0 Å². The van der Waals surface area contributed by atoms with E-state index in [4.69, 9.17) is 20.6 Å². The van der Waals surface area contributed by atoms with Gasteiger partial charge in [0.2, 0.25) is 11.6 Å². The zero-order valence-electron chi connectivity index (χ0n) is 22.2. The first kappa shape index (κ1) is 27.1. The fourth-order valence-electron chi connectivity index (χ4n) is 4.83. The fourth-order valence-corrected chi connectivity index (χ4v) is 4.83. The van der Waals surface area contributed by atoms with Gasteiger partial charge in [-0.3, -0.25) is 10.4 Å². The van der Waals surface area contributed by atoms with Crippen LogP contribution in [0.3, 0.4) is 0 Å². The minimum absolute atomic E-state index is 0.137. The third kappa shape index (κ3) is 5.48. The van der Waals surface area contributed by atoms with E-state index in [1.165, 1.54) is 23.1 Å². The number of nitrogens with two attached hydrogens (primary N) is 1. The van der Waals surface area contributed by atoms with Crippen LogP contribution >= 0.6 is 0 Å². The number of nitrogens with one attached hydrogen (secondary N) is 2. The molecule has 2 aliphatic rings. The number of hydrogen-bond acceptors (Lipinski definition) is 9. The number of ether oxygens (including phenoxy) is 2. The van der Waals surface area contributed by atoms with E-state index < -0.39 is 23.4 Å². The molecule has 5 N–H and O–H groups in total. The minimum Gasteiger partial charge on any atom is -0.504 e. The highest BCUT2D eigenvalue weighted by Crippen LogP contribution is 2.40. The van der Waals surface area contributed by atoms with Crippen molar-refractivity contribution in [3.63, 3.8) is 0 Å². The monoisotopic (exact) mass is 551 g/mol. The second-order valence-corrected chi connectivity index (χ2v) is 9.75. The lowest BCUT2D eigenvalue weighted by molar-refractivity contribution is 0.358. The number of likely N-dealkylation sites (N-methyl/N-ethyl adjacent to an activating group) is 1. The number of amidine groups is 2. The molecule has 3 heterocycles. The molecule has 0 radical (unpaired) electrons. The summed E-state index contributed by atoms with van der Waals surface area (Å²) >= 11 is 0. The van der Waals surface area contributed by atoms with E-state index in [2.05, 4.69) is 15.3 Å². The standard InChI is InChI=1S/C28H31F2N7O3/c1-36-13-12-34-26(36)17-4-3-5-19(14-17)39-27-22(29)24(37(2)18-8-10-33-11-9-18)23(30)28(35-27)40-21-15-16(25(31)32)6-7-20(21)38/h3-7,14-15,18,33,38H,8-13H2,1-2H3,(H3,31,32). The molecule has 0 spiro atoms. The van der Waals surface area contributed by atoms with Gasteiger partial charge in [0, 0.05) is 37.8 Å². The summed E-state index contributed by atoms with van der Waals surface area (Å²) in [4.78, 5) is 12.1. The van der Waals surface area contributed by atoms with E-state index in [0.717, 1.165) is 17.9 Å². The Labute approximate surface area is 230 Å². The predicted molar refractivity (Wildman–Crippen MR) is 148 cm³/mol. The quantitative estimate of drug-likeness (QED) is 0.246. The summed E-state index contributed by atoms with van der Waals surface area (Å²) in [6.07, 6.45) is 1.37. The molecule has 0 saturated carbocycles. The maximum atomic E-state index is 16.0. The van der Waals surface area contributed by atoms with Crippen molar-refractivity contribution in [1.29, 1.82) is 5.41 Å². The topological polar surface area (TPSA) is 132 Å². The van der Waals surface area contributed by atoms with E-state index in [0.29, 0.717) is 32.5 Å². The summed E-state index contributed by atoms with van der Waals surface area (Å²) in [6, 6.07) is 10.8. The molecule has 12 heteroatoms. The van der Waals surface area contributed by atoms with Crippen molar-refractivity contribution in [3.05, 3.63) is 65.2 Å². The first-order chi connectivity index (χ1) is 19.2. The van der Waals surface area contributed by atoms with Gasteiger partial charge in [0.15, 0.2) is 11.5 Å². The average molecular weight is 552 g/mol. The molecule has 1 fully saturated rings. The van der Waals surface area contributed by atoms with Gasteiger partial charge in [-0.15, -0.1) is 0 Å². The van der Waals surface area contributed by atoms with Crippen LogP contribution in [-0.4, -0.2) is 73.0 Å². The number of nitrogen functional groups attached to an aromatic ring is 1. The number of pyridine rings is 1. The van der Waals surface area contributed by atoms with E-state index in [1.807, 2.05) is 18.0 Å². The maximum absolute atomic E-state index is 16.0. The van der Waals surface area contributed by atoms with Crippen molar-refractivity contribution in [2.75, 3.05) is 45.2 Å². The summed E-state index contributed by atoms with van der Waals surface area (Å²) < 4.78 is 43.5. The van der Waals surface area contributed by atoms with Gasteiger partial charge in [-0.05, 0) is 56.3 Å². The van der Waals surface area contributed by atoms with Crippen molar-refractivity contribution in [1.82, 2.24) is 15.2 Å². The van der Waals surface area contributed by atoms with Gasteiger partial charge in [-0.25, -0.2) is 0 Å².